The number of hydrogen-bond acceptors (Lipinski definition) is 2. The van der Waals surface area contributed by atoms with Gasteiger partial charge in [-0.3, -0.25) is 0 Å². The number of allylic oxidation sites excluding steroid dienone is 3. The zero-order valence-corrected chi connectivity index (χ0v) is 13.8. The Balaban J connectivity index is 2.81. The molecule has 1 rings (SSSR count). The zero-order chi connectivity index (χ0) is 13.1. The summed E-state index contributed by atoms with van der Waals surface area (Å²) in [4.78, 5) is 0. The lowest BCUT2D eigenvalue weighted by molar-refractivity contribution is -0.0911. The predicted octanol–water partition coefficient (Wildman–Crippen LogP) is 4.27. The summed E-state index contributed by atoms with van der Waals surface area (Å²) >= 11 is 7.15. The first-order valence-electron chi connectivity index (χ1n) is 5.91. The Bertz CT molecular complexity index is 330. The summed E-state index contributed by atoms with van der Waals surface area (Å²) in [7, 11) is 1.65. The van der Waals surface area contributed by atoms with Crippen molar-refractivity contribution in [2.75, 3.05) is 7.11 Å². The molecular weight excluding hydrogens is 348 g/mol. The second kappa shape index (κ2) is 6.50. The summed E-state index contributed by atoms with van der Waals surface area (Å²) in [5.74, 6) is 0. The standard InChI is InChI=1S/C13H20Br2O2/c1-4-13(2,17-3)12(16)8-9-10(14)6-5-7-11(9)15/h6,12,16H,4-5,7-8H2,1-3H3. The van der Waals surface area contributed by atoms with E-state index in [0.29, 0.717) is 6.42 Å². The van der Waals surface area contributed by atoms with Gasteiger partial charge in [-0.2, -0.15) is 0 Å². The molecule has 2 nitrogen and oxygen atoms in total. The van der Waals surface area contributed by atoms with Crippen molar-refractivity contribution in [1.29, 1.82) is 0 Å². The van der Waals surface area contributed by atoms with Crippen LogP contribution in [0.1, 0.15) is 39.5 Å². The molecule has 4 heteroatoms. The summed E-state index contributed by atoms with van der Waals surface area (Å²) in [5.41, 5.74) is 0.672. The van der Waals surface area contributed by atoms with E-state index in [9.17, 15) is 5.11 Å². The number of ether oxygens (including phenoxy) is 1. The normalized spacial score (nSPS) is 22.1. The highest BCUT2D eigenvalue weighted by atomic mass is 79.9. The van der Waals surface area contributed by atoms with Gasteiger partial charge >= 0.3 is 0 Å². The van der Waals surface area contributed by atoms with Crippen LogP contribution in [0.15, 0.2) is 20.6 Å². The summed E-state index contributed by atoms with van der Waals surface area (Å²) in [6.45, 7) is 3.98. The Labute approximate surface area is 120 Å². The first kappa shape index (κ1) is 15.4. The largest absolute Gasteiger partial charge is 0.390 e. The summed E-state index contributed by atoms with van der Waals surface area (Å²) in [6.07, 6.45) is 5.10. The topological polar surface area (TPSA) is 29.5 Å². The third-order valence-corrected chi connectivity index (χ3v) is 5.25. The van der Waals surface area contributed by atoms with E-state index in [2.05, 4.69) is 37.9 Å². The number of aliphatic hydroxyl groups is 1. The molecule has 98 valence electrons. The van der Waals surface area contributed by atoms with Crippen LogP contribution >= 0.6 is 31.9 Å². The fraction of sp³-hybridized carbons (Fsp3) is 0.692. The monoisotopic (exact) mass is 366 g/mol. The van der Waals surface area contributed by atoms with Crippen LogP contribution in [-0.2, 0) is 4.74 Å². The molecule has 1 N–H and O–H groups in total. The minimum Gasteiger partial charge on any atom is -0.390 e. The van der Waals surface area contributed by atoms with Gasteiger partial charge in [-0.25, -0.2) is 0 Å². The van der Waals surface area contributed by atoms with E-state index in [-0.39, 0.29) is 0 Å². The Morgan fingerprint density at radius 1 is 1.53 bits per heavy atom. The van der Waals surface area contributed by atoms with Crippen LogP contribution in [0.5, 0.6) is 0 Å². The van der Waals surface area contributed by atoms with E-state index in [1.165, 1.54) is 4.48 Å². The molecule has 2 unspecified atom stereocenters. The highest BCUT2D eigenvalue weighted by Gasteiger charge is 2.32. The predicted molar refractivity (Wildman–Crippen MR) is 78.5 cm³/mol. The van der Waals surface area contributed by atoms with Crippen LogP contribution in [0.3, 0.4) is 0 Å². The van der Waals surface area contributed by atoms with Gasteiger partial charge in [0.15, 0.2) is 0 Å². The van der Waals surface area contributed by atoms with Gasteiger partial charge in [-0.15, -0.1) is 0 Å². The van der Waals surface area contributed by atoms with Crippen molar-refractivity contribution in [3.05, 3.63) is 20.6 Å². The van der Waals surface area contributed by atoms with Gasteiger partial charge in [0.25, 0.3) is 0 Å². The molecule has 0 fully saturated rings. The minimum atomic E-state index is -0.501. The van der Waals surface area contributed by atoms with Crippen molar-refractivity contribution in [2.24, 2.45) is 0 Å². The van der Waals surface area contributed by atoms with E-state index < -0.39 is 11.7 Å². The van der Waals surface area contributed by atoms with Crippen LogP contribution in [0.2, 0.25) is 0 Å². The summed E-state index contributed by atoms with van der Waals surface area (Å²) < 4.78 is 7.71. The zero-order valence-electron chi connectivity index (χ0n) is 10.6. The summed E-state index contributed by atoms with van der Waals surface area (Å²) in [5, 5.41) is 10.3. The van der Waals surface area contributed by atoms with Gasteiger partial charge in [-0.05, 0) is 36.2 Å². The second-order valence-electron chi connectivity index (χ2n) is 4.56. The molecular formula is C13H20Br2O2. The van der Waals surface area contributed by atoms with E-state index in [0.717, 1.165) is 29.3 Å². The lowest BCUT2D eigenvalue weighted by Gasteiger charge is -2.33. The molecule has 0 amide bonds. The number of methoxy groups -OCH3 is 1. The maximum atomic E-state index is 10.3. The highest BCUT2D eigenvalue weighted by molar-refractivity contribution is 9.12. The van der Waals surface area contributed by atoms with E-state index in [1.807, 2.05) is 13.8 Å². The van der Waals surface area contributed by atoms with E-state index in [1.54, 1.807) is 7.11 Å². The van der Waals surface area contributed by atoms with Gasteiger partial charge in [0, 0.05) is 18.0 Å². The molecule has 0 bridgehead atoms. The van der Waals surface area contributed by atoms with Crippen LogP contribution in [0.4, 0.5) is 0 Å². The Kier molecular flexibility index (Phi) is 5.90. The van der Waals surface area contributed by atoms with Gasteiger partial charge in [0.1, 0.15) is 0 Å². The highest BCUT2D eigenvalue weighted by Crippen LogP contribution is 2.37. The molecule has 0 aliphatic heterocycles. The fourth-order valence-electron chi connectivity index (χ4n) is 1.86. The number of halogens is 2. The Hall–Kier alpha value is 0.360. The molecule has 0 aromatic carbocycles. The molecule has 0 aromatic rings. The first-order chi connectivity index (χ1) is 7.94. The first-order valence-corrected chi connectivity index (χ1v) is 7.50. The number of rotatable bonds is 5. The average Bonchev–Trinajstić information content (AvgIpc) is 2.32. The molecule has 0 saturated carbocycles. The number of hydrogen-bond donors (Lipinski definition) is 1. The van der Waals surface area contributed by atoms with Crippen molar-refractivity contribution in [3.63, 3.8) is 0 Å². The summed E-state index contributed by atoms with van der Waals surface area (Å²) in [6, 6.07) is 0. The van der Waals surface area contributed by atoms with Crippen molar-refractivity contribution in [2.45, 2.75) is 51.2 Å². The number of aliphatic hydroxyl groups excluding tert-OH is 1. The van der Waals surface area contributed by atoms with Crippen LogP contribution in [-0.4, -0.2) is 23.9 Å². The van der Waals surface area contributed by atoms with Crippen LogP contribution < -0.4 is 0 Å². The average molecular weight is 368 g/mol. The van der Waals surface area contributed by atoms with Crippen LogP contribution in [0, 0.1) is 0 Å². The van der Waals surface area contributed by atoms with Gasteiger partial charge in [0.2, 0.25) is 0 Å². The third-order valence-electron chi connectivity index (χ3n) is 3.57. The van der Waals surface area contributed by atoms with E-state index in [4.69, 9.17) is 4.74 Å². The fourth-order valence-corrected chi connectivity index (χ4v) is 3.36. The smallest absolute Gasteiger partial charge is 0.0909 e. The minimum absolute atomic E-state index is 0.481. The molecule has 2 atom stereocenters. The SMILES string of the molecule is CCC(C)(OC)C(O)CC1=C(Br)CCC=C1Br. The lowest BCUT2D eigenvalue weighted by Crippen LogP contribution is -2.41. The van der Waals surface area contributed by atoms with Crippen molar-refractivity contribution in [3.8, 4) is 0 Å². The Morgan fingerprint density at radius 3 is 2.65 bits per heavy atom. The second-order valence-corrected chi connectivity index (χ2v) is 6.38. The molecule has 0 spiro atoms. The molecule has 0 heterocycles. The van der Waals surface area contributed by atoms with Crippen molar-refractivity contribution >= 4 is 31.9 Å². The third kappa shape index (κ3) is 3.66. The van der Waals surface area contributed by atoms with Crippen molar-refractivity contribution in [1.82, 2.24) is 0 Å². The molecule has 0 saturated heterocycles. The van der Waals surface area contributed by atoms with Crippen LogP contribution in [0.25, 0.3) is 0 Å². The maximum absolute atomic E-state index is 10.3. The lowest BCUT2D eigenvalue weighted by atomic mass is 9.89. The molecule has 0 radical (unpaired) electrons. The van der Waals surface area contributed by atoms with Gasteiger partial charge < -0.3 is 9.84 Å². The van der Waals surface area contributed by atoms with Gasteiger partial charge in [-0.1, -0.05) is 44.9 Å². The van der Waals surface area contributed by atoms with Crippen molar-refractivity contribution < 1.29 is 9.84 Å². The quantitative estimate of drug-likeness (QED) is 0.785. The molecule has 1 aliphatic carbocycles. The van der Waals surface area contributed by atoms with E-state index >= 15 is 0 Å². The van der Waals surface area contributed by atoms with Gasteiger partial charge in [0.05, 0.1) is 11.7 Å². The molecule has 1 aliphatic rings. The Morgan fingerprint density at radius 2 is 2.18 bits per heavy atom. The maximum Gasteiger partial charge on any atom is 0.0909 e. The molecule has 17 heavy (non-hydrogen) atoms. The molecule has 0 aromatic heterocycles.